The maximum Gasteiger partial charge on any atom is 0.379 e. The van der Waals surface area contributed by atoms with Crippen molar-refractivity contribution in [3.8, 4) is 0 Å². The first-order chi connectivity index (χ1) is 8.15. The SMILES string of the molecule is CCC[C@@H](Cl)COC(=O)C(=O)c1ccccc1. The second-order valence-corrected chi connectivity index (χ2v) is 4.30. The Morgan fingerprint density at radius 3 is 2.53 bits per heavy atom. The van der Waals surface area contributed by atoms with Gasteiger partial charge in [-0.15, -0.1) is 11.6 Å². The van der Waals surface area contributed by atoms with Crippen molar-refractivity contribution in [3.05, 3.63) is 35.9 Å². The fourth-order valence-electron chi connectivity index (χ4n) is 1.34. The quantitative estimate of drug-likeness (QED) is 0.339. The van der Waals surface area contributed by atoms with E-state index in [1.54, 1.807) is 30.3 Å². The minimum Gasteiger partial charge on any atom is -0.458 e. The summed E-state index contributed by atoms with van der Waals surface area (Å²) in [5.74, 6) is -1.48. The van der Waals surface area contributed by atoms with Gasteiger partial charge in [-0.1, -0.05) is 43.7 Å². The number of carbonyl (C=O) groups is 2. The number of hydrogen-bond acceptors (Lipinski definition) is 3. The van der Waals surface area contributed by atoms with Crippen molar-refractivity contribution in [3.63, 3.8) is 0 Å². The van der Waals surface area contributed by atoms with E-state index in [2.05, 4.69) is 0 Å². The highest BCUT2D eigenvalue weighted by Crippen LogP contribution is 2.07. The van der Waals surface area contributed by atoms with E-state index in [1.165, 1.54) is 0 Å². The van der Waals surface area contributed by atoms with Gasteiger partial charge in [-0.05, 0) is 6.42 Å². The third-order valence-electron chi connectivity index (χ3n) is 2.22. The lowest BCUT2D eigenvalue weighted by Crippen LogP contribution is -2.21. The molecule has 0 saturated heterocycles. The summed E-state index contributed by atoms with van der Waals surface area (Å²) >= 11 is 5.89. The molecule has 0 aliphatic rings. The molecule has 0 N–H and O–H groups in total. The molecule has 0 bridgehead atoms. The largest absolute Gasteiger partial charge is 0.458 e. The number of rotatable bonds is 6. The van der Waals surface area contributed by atoms with Gasteiger partial charge < -0.3 is 4.74 Å². The highest BCUT2D eigenvalue weighted by Gasteiger charge is 2.18. The van der Waals surface area contributed by atoms with E-state index in [4.69, 9.17) is 16.3 Å². The molecule has 1 aromatic rings. The van der Waals surface area contributed by atoms with Crippen molar-refractivity contribution in [1.29, 1.82) is 0 Å². The Balaban J connectivity index is 2.46. The Labute approximate surface area is 106 Å². The highest BCUT2D eigenvalue weighted by molar-refractivity contribution is 6.40. The fourth-order valence-corrected chi connectivity index (χ4v) is 1.62. The van der Waals surface area contributed by atoms with E-state index in [0.717, 1.165) is 12.8 Å². The molecule has 0 spiro atoms. The van der Waals surface area contributed by atoms with E-state index in [0.29, 0.717) is 5.56 Å². The second kappa shape index (κ2) is 7.07. The zero-order valence-electron chi connectivity index (χ0n) is 9.69. The van der Waals surface area contributed by atoms with Gasteiger partial charge in [-0.2, -0.15) is 0 Å². The number of Topliss-reactive ketones (excluding diaryl/α,β-unsaturated/α-hetero) is 1. The predicted octanol–water partition coefficient (Wildman–Crippen LogP) is 2.82. The molecule has 0 fully saturated rings. The average molecular weight is 255 g/mol. The number of benzene rings is 1. The van der Waals surface area contributed by atoms with E-state index < -0.39 is 11.8 Å². The summed E-state index contributed by atoms with van der Waals surface area (Å²) in [6, 6.07) is 8.32. The summed E-state index contributed by atoms with van der Waals surface area (Å²) in [5.41, 5.74) is 0.333. The van der Waals surface area contributed by atoms with Gasteiger partial charge >= 0.3 is 5.97 Å². The number of esters is 1. The van der Waals surface area contributed by atoms with Crippen LogP contribution in [0.2, 0.25) is 0 Å². The van der Waals surface area contributed by atoms with Crippen LogP contribution in [0.15, 0.2) is 30.3 Å². The van der Waals surface area contributed by atoms with Crippen LogP contribution in [-0.4, -0.2) is 23.7 Å². The molecule has 0 unspecified atom stereocenters. The lowest BCUT2D eigenvalue weighted by atomic mass is 10.1. The van der Waals surface area contributed by atoms with Crippen molar-refractivity contribution < 1.29 is 14.3 Å². The van der Waals surface area contributed by atoms with Crippen LogP contribution in [0.25, 0.3) is 0 Å². The molecular formula is C13H15ClO3. The molecular weight excluding hydrogens is 240 g/mol. The van der Waals surface area contributed by atoms with Gasteiger partial charge in [0.25, 0.3) is 5.78 Å². The topological polar surface area (TPSA) is 43.4 Å². The van der Waals surface area contributed by atoms with Crippen LogP contribution in [0.4, 0.5) is 0 Å². The lowest BCUT2D eigenvalue weighted by molar-refractivity contribution is -0.138. The van der Waals surface area contributed by atoms with Gasteiger partial charge in [0.05, 0.1) is 5.38 Å². The van der Waals surface area contributed by atoms with E-state index in [1.807, 2.05) is 6.92 Å². The number of ketones is 1. The fraction of sp³-hybridized carbons (Fsp3) is 0.385. The van der Waals surface area contributed by atoms with E-state index >= 15 is 0 Å². The average Bonchev–Trinajstić information content (AvgIpc) is 2.36. The molecule has 0 amide bonds. The molecule has 0 saturated carbocycles. The van der Waals surface area contributed by atoms with E-state index in [-0.39, 0.29) is 12.0 Å². The third-order valence-corrected chi connectivity index (χ3v) is 2.56. The Hall–Kier alpha value is -1.35. The van der Waals surface area contributed by atoms with Crippen molar-refractivity contribution in [2.24, 2.45) is 0 Å². The molecule has 0 aliphatic carbocycles. The molecule has 1 atom stereocenters. The number of halogens is 1. The molecule has 0 aromatic heterocycles. The zero-order chi connectivity index (χ0) is 12.7. The summed E-state index contributed by atoms with van der Waals surface area (Å²) in [4.78, 5) is 23.0. The Morgan fingerprint density at radius 1 is 1.29 bits per heavy atom. The van der Waals surface area contributed by atoms with Crippen LogP contribution >= 0.6 is 11.6 Å². The standard InChI is InChI=1S/C13H15ClO3/c1-2-6-11(14)9-17-13(16)12(15)10-7-4-3-5-8-10/h3-5,7-8,11H,2,6,9H2,1H3/t11-/m1/s1. The van der Waals surface area contributed by atoms with Crippen LogP contribution in [0.3, 0.4) is 0 Å². The molecule has 0 heterocycles. The molecule has 0 aliphatic heterocycles. The maximum absolute atomic E-state index is 11.6. The predicted molar refractivity (Wildman–Crippen MR) is 66.3 cm³/mol. The van der Waals surface area contributed by atoms with Crippen LogP contribution in [-0.2, 0) is 9.53 Å². The van der Waals surface area contributed by atoms with Crippen molar-refractivity contribution in [1.82, 2.24) is 0 Å². The minimum atomic E-state index is -0.849. The summed E-state index contributed by atoms with van der Waals surface area (Å²) in [5, 5.41) is -0.229. The summed E-state index contributed by atoms with van der Waals surface area (Å²) < 4.78 is 4.85. The normalized spacial score (nSPS) is 11.9. The number of carbonyl (C=O) groups excluding carboxylic acids is 2. The molecule has 1 aromatic carbocycles. The monoisotopic (exact) mass is 254 g/mol. The van der Waals surface area contributed by atoms with Gasteiger partial charge in [0.2, 0.25) is 0 Å². The van der Waals surface area contributed by atoms with Gasteiger partial charge in [0.1, 0.15) is 6.61 Å². The van der Waals surface area contributed by atoms with Gasteiger partial charge in [-0.25, -0.2) is 4.79 Å². The number of alkyl halides is 1. The highest BCUT2D eigenvalue weighted by atomic mass is 35.5. The molecule has 92 valence electrons. The van der Waals surface area contributed by atoms with Gasteiger partial charge in [0, 0.05) is 5.56 Å². The van der Waals surface area contributed by atoms with Crippen molar-refractivity contribution in [2.45, 2.75) is 25.1 Å². The molecule has 4 heteroatoms. The smallest absolute Gasteiger partial charge is 0.379 e. The Morgan fingerprint density at radius 2 is 1.94 bits per heavy atom. The summed E-state index contributed by atoms with van der Waals surface area (Å²) in [6.45, 7) is 2.07. The van der Waals surface area contributed by atoms with Gasteiger partial charge in [0.15, 0.2) is 0 Å². The molecule has 0 radical (unpaired) electrons. The number of hydrogen-bond donors (Lipinski definition) is 0. The Bertz CT molecular complexity index is 376. The van der Waals surface area contributed by atoms with E-state index in [9.17, 15) is 9.59 Å². The van der Waals surface area contributed by atoms with Crippen molar-refractivity contribution >= 4 is 23.4 Å². The lowest BCUT2D eigenvalue weighted by Gasteiger charge is -2.08. The maximum atomic E-state index is 11.6. The zero-order valence-corrected chi connectivity index (χ0v) is 10.4. The third kappa shape index (κ3) is 4.57. The van der Waals surface area contributed by atoms with Crippen LogP contribution in [0, 0.1) is 0 Å². The van der Waals surface area contributed by atoms with Gasteiger partial charge in [-0.3, -0.25) is 4.79 Å². The number of ether oxygens (including phenoxy) is 1. The first-order valence-corrected chi connectivity index (χ1v) is 5.99. The van der Waals surface area contributed by atoms with Crippen LogP contribution < -0.4 is 0 Å². The first kappa shape index (κ1) is 13.7. The van der Waals surface area contributed by atoms with Crippen molar-refractivity contribution in [2.75, 3.05) is 6.61 Å². The summed E-state index contributed by atoms with van der Waals surface area (Å²) in [6.07, 6.45) is 1.67. The second-order valence-electron chi connectivity index (χ2n) is 3.68. The van der Waals surface area contributed by atoms with Crippen LogP contribution in [0.1, 0.15) is 30.1 Å². The first-order valence-electron chi connectivity index (χ1n) is 5.55. The summed E-state index contributed by atoms with van der Waals surface area (Å²) in [7, 11) is 0. The Kier molecular flexibility index (Phi) is 5.70. The molecule has 17 heavy (non-hydrogen) atoms. The minimum absolute atomic E-state index is 0.0762. The molecule has 1 rings (SSSR count). The van der Waals surface area contributed by atoms with Crippen LogP contribution in [0.5, 0.6) is 0 Å². The molecule has 3 nitrogen and oxygen atoms in total.